The van der Waals surface area contributed by atoms with Gasteiger partial charge in [-0.2, -0.15) is 15.8 Å². The molecule has 0 spiro atoms. The highest BCUT2D eigenvalue weighted by molar-refractivity contribution is 6.30. The molecule has 0 unspecified atom stereocenters. The fourth-order valence-electron chi connectivity index (χ4n) is 4.98. The van der Waals surface area contributed by atoms with Crippen molar-refractivity contribution in [2.24, 2.45) is 17.1 Å². The largest absolute Gasteiger partial charge is 0.482 e. The number of nitriles is 3. The molecular formula is C26H20ClN5O3. The molecule has 2 aromatic carbocycles. The Morgan fingerprint density at radius 3 is 2.51 bits per heavy atom. The summed E-state index contributed by atoms with van der Waals surface area (Å²) in [5.74, 6) is -1.06. The van der Waals surface area contributed by atoms with Crippen molar-refractivity contribution in [3.63, 3.8) is 0 Å². The van der Waals surface area contributed by atoms with Gasteiger partial charge >= 0.3 is 5.69 Å². The molecule has 2 aliphatic carbocycles. The SMILES string of the molecule is N#CC1=C(N)C(C#N)(C#N)[C@@H](c2ccc(OCc3ccc(Cl)cc3)c([N+](=O)[O-])c2)[C@@H]2CCCC=C12. The molecule has 0 amide bonds. The number of fused-ring (bicyclic) bond motifs is 1. The first-order valence-electron chi connectivity index (χ1n) is 10.9. The summed E-state index contributed by atoms with van der Waals surface area (Å²) >= 11 is 5.90. The standard InChI is InChI=1S/C26H20ClN5O3/c27-18-8-5-16(6-9-18)13-35-23-10-7-17(11-22(23)32(33)34)24-20-4-2-1-3-19(20)21(12-28)25(31)26(24,14-29)15-30/h3,5-11,20,24H,1-2,4,13,31H2/t20-,24+/m1/s1. The lowest BCUT2D eigenvalue weighted by molar-refractivity contribution is -0.386. The van der Waals surface area contributed by atoms with Gasteiger partial charge in [0, 0.05) is 17.0 Å². The van der Waals surface area contributed by atoms with E-state index in [1.54, 1.807) is 30.3 Å². The molecule has 0 bridgehead atoms. The van der Waals surface area contributed by atoms with Crippen LogP contribution in [0.2, 0.25) is 5.02 Å². The summed E-state index contributed by atoms with van der Waals surface area (Å²) < 4.78 is 5.73. The maximum Gasteiger partial charge on any atom is 0.311 e. The number of ether oxygens (including phenoxy) is 1. The lowest BCUT2D eigenvalue weighted by Gasteiger charge is -2.43. The Morgan fingerprint density at radius 2 is 1.89 bits per heavy atom. The molecule has 0 heterocycles. The average molecular weight is 486 g/mol. The minimum Gasteiger partial charge on any atom is -0.482 e. The molecule has 0 radical (unpaired) electrons. The molecule has 0 aromatic heterocycles. The predicted molar refractivity (Wildman–Crippen MR) is 128 cm³/mol. The van der Waals surface area contributed by atoms with Crippen molar-refractivity contribution in [3.05, 3.63) is 91.6 Å². The zero-order chi connectivity index (χ0) is 25.2. The van der Waals surface area contributed by atoms with E-state index in [9.17, 15) is 25.9 Å². The zero-order valence-corrected chi connectivity index (χ0v) is 19.3. The van der Waals surface area contributed by atoms with E-state index in [4.69, 9.17) is 22.1 Å². The summed E-state index contributed by atoms with van der Waals surface area (Å²) in [5.41, 5.74) is 6.13. The number of nitro benzene ring substituents is 1. The average Bonchev–Trinajstić information content (AvgIpc) is 2.88. The second-order valence-corrected chi connectivity index (χ2v) is 8.94. The maximum absolute atomic E-state index is 11.9. The number of halogens is 1. The second kappa shape index (κ2) is 9.50. The van der Waals surface area contributed by atoms with Crippen molar-refractivity contribution in [3.8, 4) is 24.0 Å². The minimum absolute atomic E-state index is 0.0599. The van der Waals surface area contributed by atoms with Crippen LogP contribution in [-0.4, -0.2) is 4.92 Å². The van der Waals surface area contributed by atoms with Crippen LogP contribution in [0.3, 0.4) is 0 Å². The van der Waals surface area contributed by atoms with E-state index < -0.39 is 16.3 Å². The Morgan fingerprint density at radius 1 is 1.17 bits per heavy atom. The van der Waals surface area contributed by atoms with Crippen LogP contribution < -0.4 is 10.5 Å². The molecule has 174 valence electrons. The summed E-state index contributed by atoms with van der Waals surface area (Å²) in [4.78, 5) is 11.4. The monoisotopic (exact) mass is 485 g/mol. The highest BCUT2D eigenvalue weighted by atomic mass is 35.5. The first kappa shape index (κ1) is 23.8. The van der Waals surface area contributed by atoms with Gasteiger partial charge in [-0.15, -0.1) is 0 Å². The molecule has 4 rings (SSSR count). The molecule has 0 fully saturated rings. The number of benzene rings is 2. The van der Waals surface area contributed by atoms with Gasteiger partial charge in [-0.05, 0) is 60.1 Å². The van der Waals surface area contributed by atoms with Gasteiger partial charge in [0.05, 0.1) is 28.3 Å². The normalized spacial score (nSPS) is 20.5. The first-order chi connectivity index (χ1) is 16.9. The van der Waals surface area contributed by atoms with E-state index in [-0.39, 0.29) is 35.2 Å². The third kappa shape index (κ3) is 4.08. The number of nitro groups is 1. The lowest BCUT2D eigenvalue weighted by atomic mass is 9.56. The molecular weight excluding hydrogens is 466 g/mol. The number of allylic oxidation sites excluding steroid dienone is 4. The predicted octanol–water partition coefficient (Wildman–Crippen LogP) is 5.42. The van der Waals surface area contributed by atoms with Crippen molar-refractivity contribution < 1.29 is 9.66 Å². The van der Waals surface area contributed by atoms with Gasteiger partial charge in [-0.1, -0.05) is 35.9 Å². The van der Waals surface area contributed by atoms with Gasteiger partial charge < -0.3 is 10.5 Å². The molecule has 9 heteroatoms. The summed E-state index contributed by atoms with van der Waals surface area (Å²) in [6.07, 6.45) is 4.10. The number of hydrogen-bond donors (Lipinski definition) is 1. The molecule has 8 nitrogen and oxygen atoms in total. The fraction of sp³-hybridized carbons (Fsp3) is 0.269. The molecule has 2 atom stereocenters. The lowest BCUT2D eigenvalue weighted by Crippen LogP contribution is -2.42. The van der Waals surface area contributed by atoms with E-state index in [2.05, 4.69) is 6.07 Å². The third-order valence-electron chi connectivity index (χ3n) is 6.65. The van der Waals surface area contributed by atoms with Crippen LogP contribution in [0, 0.1) is 55.4 Å². The van der Waals surface area contributed by atoms with Crippen LogP contribution in [0.5, 0.6) is 5.75 Å². The van der Waals surface area contributed by atoms with Crippen molar-refractivity contribution in [2.75, 3.05) is 0 Å². The molecule has 2 aliphatic rings. The Balaban J connectivity index is 1.80. The highest BCUT2D eigenvalue weighted by Gasteiger charge is 2.54. The summed E-state index contributed by atoms with van der Waals surface area (Å²) in [7, 11) is 0. The van der Waals surface area contributed by atoms with Crippen LogP contribution in [0.4, 0.5) is 5.69 Å². The maximum atomic E-state index is 11.9. The van der Waals surface area contributed by atoms with Crippen molar-refractivity contribution in [1.82, 2.24) is 0 Å². The fourth-order valence-corrected chi connectivity index (χ4v) is 5.11. The van der Waals surface area contributed by atoms with Crippen LogP contribution in [0.1, 0.15) is 36.3 Å². The number of nitrogens with zero attached hydrogens (tertiary/aromatic N) is 4. The van der Waals surface area contributed by atoms with Crippen LogP contribution in [0.25, 0.3) is 0 Å². The Kier molecular flexibility index (Phi) is 6.47. The number of nitrogens with two attached hydrogens (primary N) is 1. The summed E-state index contributed by atoms with van der Waals surface area (Å²) in [5, 5.41) is 42.5. The third-order valence-corrected chi connectivity index (χ3v) is 6.90. The van der Waals surface area contributed by atoms with E-state index in [0.717, 1.165) is 18.4 Å². The van der Waals surface area contributed by atoms with Crippen molar-refractivity contribution >= 4 is 17.3 Å². The quantitative estimate of drug-likeness (QED) is 0.438. The molecule has 0 aliphatic heterocycles. The Hall–Kier alpha value is -4.32. The van der Waals surface area contributed by atoms with Gasteiger partial charge in [0.15, 0.2) is 11.2 Å². The van der Waals surface area contributed by atoms with Gasteiger partial charge in [-0.3, -0.25) is 10.1 Å². The molecule has 2 aromatic rings. The van der Waals surface area contributed by atoms with Crippen molar-refractivity contribution in [1.29, 1.82) is 15.8 Å². The van der Waals surface area contributed by atoms with E-state index in [1.165, 1.54) is 12.1 Å². The van der Waals surface area contributed by atoms with E-state index >= 15 is 0 Å². The Labute approximate surface area is 207 Å². The molecule has 0 saturated heterocycles. The van der Waals surface area contributed by atoms with E-state index in [1.807, 2.05) is 18.2 Å². The molecule has 0 saturated carbocycles. The second-order valence-electron chi connectivity index (χ2n) is 8.51. The first-order valence-corrected chi connectivity index (χ1v) is 11.3. The highest BCUT2D eigenvalue weighted by Crippen LogP contribution is 2.56. The van der Waals surface area contributed by atoms with Crippen LogP contribution in [0.15, 0.2) is 65.4 Å². The summed E-state index contributed by atoms with van der Waals surface area (Å²) in [6, 6.07) is 17.5. The van der Waals surface area contributed by atoms with Gasteiger partial charge in [0.25, 0.3) is 0 Å². The summed E-state index contributed by atoms with van der Waals surface area (Å²) in [6.45, 7) is 0.0951. The Bertz CT molecular complexity index is 1360. The van der Waals surface area contributed by atoms with Gasteiger partial charge in [-0.25, -0.2) is 0 Å². The van der Waals surface area contributed by atoms with Gasteiger partial charge in [0.1, 0.15) is 12.7 Å². The number of rotatable bonds is 5. The zero-order valence-electron chi connectivity index (χ0n) is 18.6. The number of hydrogen-bond acceptors (Lipinski definition) is 7. The molecule has 35 heavy (non-hydrogen) atoms. The van der Waals surface area contributed by atoms with Crippen LogP contribution >= 0.6 is 11.6 Å². The van der Waals surface area contributed by atoms with E-state index in [0.29, 0.717) is 22.6 Å². The minimum atomic E-state index is -1.83. The van der Waals surface area contributed by atoms with Crippen molar-refractivity contribution in [2.45, 2.75) is 31.8 Å². The smallest absolute Gasteiger partial charge is 0.311 e. The topological polar surface area (TPSA) is 150 Å². The van der Waals surface area contributed by atoms with Gasteiger partial charge in [0.2, 0.25) is 0 Å². The molecule has 2 N–H and O–H groups in total. The van der Waals surface area contributed by atoms with Crippen LogP contribution in [-0.2, 0) is 6.61 Å².